The molecule has 0 bridgehead atoms. The van der Waals surface area contributed by atoms with Crippen LogP contribution >= 0.6 is 15.9 Å². The quantitative estimate of drug-likeness (QED) is 0.765. The van der Waals surface area contributed by atoms with Crippen molar-refractivity contribution in [3.63, 3.8) is 0 Å². The summed E-state index contributed by atoms with van der Waals surface area (Å²) in [4.78, 5) is 10.6. The summed E-state index contributed by atoms with van der Waals surface area (Å²) >= 11 is 3.17. The van der Waals surface area contributed by atoms with Crippen molar-refractivity contribution < 1.29 is 18.3 Å². The van der Waals surface area contributed by atoms with Gasteiger partial charge in [-0.25, -0.2) is 17.8 Å². The molecule has 0 saturated heterocycles. The van der Waals surface area contributed by atoms with Crippen LogP contribution in [0, 0.1) is 0 Å². The first-order chi connectivity index (χ1) is 9.88. The first-order valence-electron chi connectivity index (χ1n) is 5.73. The van der Waals surface area contributed by atoms with Gasteiger partial charge in [0.25, 0.3) is 0 Å². The lowest BCUT2D eigenvalue weighted by Gasteiger charge is -2.06. The molecule has 0 aliphatic heterocycles. The number of hydrogen-bond acceptors (Lipinski definition) is 5. The van der Waals surface area contributed by atoms with Gasteiger partial charge in [0.2, 0.25) is 10.0 Å². The molecule has 0 aliphatic carbocycles. The van der Waals surface area contributed by atoms with E-state index in [0.29, 0.717) is 10.2 Å². The van der Waals surface area contributed by atoms with Crippen molar-refractivity contribution in [3.8, 4) is 0 Å². The monoisotopic (exact) mass is 374 g/mol. The summed E-state index contributed by atoms with van der Waals surface area (Å²) in [6.45, 7) is -0.409. The summed E-state index contributed by atoms with van der Waals surface area (Å²) < 4.78 is 28.2. The number of aliphatic carboxylic acids is 1. The summed E-state index contributed by atoms with van der Waals surface area (Å²) in [6, 6.07) is 6.41. The van der Waals surface area contributed by atoms with Crippen LogP contribution in [-0.4, -0.2) is 34.5 Å². The third-order valence-electron chi connectivity index (χ3n) is 2.45. The fourth-order valence-corrected chi connectivity index (χ4v) is 3.54. The lowest BCUT2D eigenvalue weighted by molar-refractivity contribution is -0.137. The Morgan fingerprint density at radius 1 is 1.38 bits per heavy atom. The number of aromatic nitrogens is 3. The van der Waals surface area contributed by atoms with Crippen LogP contribution in [0.2, 0.25) is 0 Å². The number of carboxylic acid groups (broad SMARTS) is 1. The molecule has 112 valence electrons. The number of nitrogens with zero attached hydrogens (tertiary/aromatic N) is 3. The van der Waals surface area contributed by atoms with Gasteiger partial charge in [-0.15, -0.1) is 5.10 Å². The molecule has 0 radical (unpaired) electrons. The topological polar surface area (TPSA) is 114 Å². The van der Waals surface area contributed by atoms with Gasteiger partial charge in [-0.3, -0.25) is 4.79 Å². The Bertz CT molecular complexity index is 759. The van der Waals surface area contributed by atoms with Crippen LogP contribution in [0.4, 0.5) is 0 Å². The number of hydrogen-bond donors (Lipinski definition) is 2. The van der Waals surface area contributed by atoms with Gasteiger partial charge in [-0.05, 0) is 28.1 Å². The standard InChI is InChI=1S/C11H11BrN4O4S/c12-9-3-1-2-4-10(9)21(19,20)13-5-8-6-16(15-14-8)7-11(17)18/h1-4,6,13H,5,7H2,(H,17,18). The van der Waals surface area contributed by atoms with Gasteiger partial charge in [-0.1, -0.05) is 17.3 Å². The number of rotatable bonds is 6. The third-order valence-corrected chi connectivity index (χ3v) is 4.87. The molecule has 2 rings (SSSR count). The maximum atomic E-state index is 12.1. The summed E-state index contributed by atoms with van der Waals surface area (Å²) in [5, 5.41) is 15.9. The second kappa shape index (κ2) is 6.33. The molecule has 0 fully saturated rings. The first-order valence-corrected chi connectivity index (χ1v) is 8.01. The fraction of sp³-hybridized carbons (Fsp3) is 0.182. The summed E-state index contributed by atoms with van der Waals surface area (Å²) in [5.41, 5.74) is 0.326. The van der Waals surface area contributed by atoms with Gasteiger partial charge in [0.15, 0.2) is 0 Å². The molecule has 0 saturated carbocycles. The largest absolute Gasteiger partial charge is 0.480 e. The molecule has 1 aromatic heterocycles. The van der Waals surface area contributed by atoms with E-state index in [4.69, 9.17) is 5.11 Å². The van der Waals surface area contributed by atoms with E-state index in [1.54, 1.807) is 18.2 Å². The van der Waals surface area contributed by atoms with E-state index < -0.39 is 16.0 Å². The minimum atomic E-state index is -3.69. The third kappa shape index (κ3) is 4.09. The van der Waals surface area contributed by atoms with Crippen LogP contribution in [-0.2, 0) is 27.9 Å². The van der Waals surface area contributed by atoms with Crippen molar-refractivity contribution in [2.75, 3.05) is 0 Å². The number of sulfonamides is 1. The average Bonchev–Trinajstić information content (AvgIpc) is 2.84. The minimum absolute atomic E-state index is 0.0801. The van der Waals surface area contributed by atoms with E-state index in [2.05, 4.69) is 31.0 Å². The number of carboxylic acids is 1. The Kier molecular flexibility index (Phi) is 4.70. The Morgan fingerprint density at radius 2 is 2.10 bits per heavy atom. The maximum absolute atomic E-state index is 12.1. The van der Waals surface area contributed by atoms with Crippen LogP contribution in [0.15, 0.2) is 39.8 Å². The van der Waals surface area contributed by atoms with Gasteiger partial charge in [0.05, 0.1) is 23.3 Å². The highest BCUT2D eigenvalue weighted by Crippen LogP contribution is 2.20. The van der Waals surface area contributed by atoms with E-state index in [-0.39, 0.29) is 18.0 Å². The molecule has 0 amide bonds. The molecule has 0 unspecified atom stereocenters. The molecule has 0 spiro atoms. The predicted molar refractivity (Wildman–Crippen MR) is 75.8 cm³/mol. The molecule has 2 N–H and O–H groups in total. The van der Waals surface area contributed by atoms with Crippen molar-refractivity contribution in [1.29, 1.82) is 0 Å². The number of benzene rings is 1. The van der Waals surface area contributed by atoms with Crippen molar-refractivity contribution in [2.24, 2.45) is 0 Å². The van der Waals surface area contributed by atoms with Crippen LogP contribution in [0.3, 0.4) is 0 Å². The molecule has 1 aromatic carbocycles. The van der Waals surface area contributed by atoms with Gasteiger partial charge >= 0.3 is 5.97 Å². The highest BCUT2D eigenvalue weighted by Gasteiger charge is 2.17. The number of carbonyl (C=O) groups is 1. The lowest BCUT2D eigenvalue weighted by atomic mass is 10.4. The van der Waals surface area contributed by atoms with Gasteiger partial charge < -0.3 is 5.11 Å². The summed E-state index contributed by atoms with van der Waals surface area (Å²) in [5.74, 6) is -1.06. The predicted octanol–water partition coefficient (Wildman–Crippen LogP) is 0.604. The maximum Gasteiger partial charge on any atom is 0.325 e. The van der Waals surface area contributed by atoms with E-state index in [1.165, 1.54) is 12.3 Å². The Morgan fingerprint density at radius 3 is 2.76 bits per heavy atom. The molecular formula is C11H11BrN4O4S. The zero-order valence-electron chi connectivity index (χ0n) is 10.6. The molecule has 2 aromatic rings. The highest BCUT2D eigenvalue weighted by atomic mass is 79.9. The Hall–Kier alpha value is -1.78. The van der Waals surface area contributed by atoms with E-state index in [0.717, 1.165) is 4.68 Å². The fourth-order valence-electron chi connectivity index (χ4n) is 1.54. The van der Waals surface area contributed by atoms with E-state index in [9.17, 15) is 13.2 Å². The molecule has 0 aliphatic rings. The SMILES string of the molecule is O=C(O)Cn1cc(CNS(=O)(=O)c2ccccc2Br)nn1. The van der Waals surface area contributed by atoms with Crippen LogP contribution < -0.4 is 4.72 Å². The van der Waals surface area contributed by atoms with Crippen molar-refractivity contribution in [2.45, 2.75) is 18.0 Å². The van der Waals surface area contributed by atoms with Crippen molar-refractivity contribution >= 4 is 31.9 Å². The summed E-state index contributed by atoms with van der Waals surface area (Å²) in [7, 11) is -3.69. The second-order valence-corrected chi connectivity index (χ2v) is 6.65. The van der Waals surface area contributed by atoms with E-state index in [1.807, 2.05) is 0 Å². The van der Waals surface area contributed by atoms with Crippen LogP contribution in [0.5, 0.6) is 0 Å². The van der Waals surface area contributed by atoms with Gasteiger partial charge in [0.1, 0.15) is 6.54 Å². The normalized spacial score (nSPS) is 11.5. The van der Waals surface area contributed by atoms with E-state index >= 15 is 0 Å². The summed E-state index contributed by atoms with van der Waals surface area (Å²) in [6.07, 6.45) is 1.37. The van der Waals surface area contributed by atoms with Gasteiger partial charge in [-0.2, -0.15) is 0 Å². The molecule has 21 heavy (non-hydrogen) atoms. The number of halogens is 1. The van der Waals surface area contributed by atoms with Crippen molar-refractivity contribution in [1.82, 2.24) is 19.7 Å². The molecular weight excluding hydrogens is 364 g/mol. The zero-order valence-corrected chi connectivity index (χ0v) is 13.0. The molecule has 0 atom stereocenters. The minimum Gasteiger partial charge on any atom is -0.480 e. The second-order valence-electron chi connectivity index (χ2n) is 4.06. The van der Waals surface area contributed by atoms with Crippen LogP contribution in [0.25, 0.3) is 0 Å². The highest BCUT2D eigenvalue weighted by molar-refractivity contribution is 9.10. The van der Waals surface area contributed by atoms with Crippen LogP contribution in [0.1, 0.15) is 5.69 Å². The molecule has 8 nitrogen and oxygen atoms in total. The lowest BCUT2D eigenvalue weighted by Crippen LogP contribution is -2.23. The Balaban J connectivity index is 2.07. The Labute approximate surface area is 129 Å². The average molecular weight is 375 g/mol. The number of nitrogens with one attached hydrogen (secondary N) is 1. The first kappa shape index (κ1) is 15.6. The smallest absolute Gasteiger partial charge is 0.325 e. The molecule has 1 heterocycles. The molecule has 10 heteroatoms. The zero-order chi connectivity index (χ0) is 15.5. The van der Waals surface area contributed by atoms with Gasteiger partial charge in [0, 0.05) is 4.47 Å². The van der Waals surface area contributed by atoms with Crippen molar-refractivity contribution in [3.05, 3.63) is 40.6 Å².